The Balaban J connectivity index is 1.89. The number of sulfonamides is 1. The second kappa shape index (κ2) is 8.09. The lowest BCUT2D eigenvalue weighted by Gasteiger charge is -2.31. The molecule has 1 aliphatic heterocycles. The Morgan fingerprint density at radius 2 is 1.96 bits per heavy atom. The first-order valence-electron chi connectivity index (χ1n) is 8.71. The molecule has 144 valence electrons. The van der Waals surface area contributed by atoms with E-state index >= 15 is 0 Å². The van der Waals surface area contributed by atoms with Crippen molar-refractivity contribution >= 4 is 50.5 Å². The van der Waals surface area contributed by atoms with Crippen molar-refractivity contribution in [3.63, 3.8) is 0 Å². The Kier molecular flexibility index (Phi) is 5.99. The number of benzene rings is 2. The van der Waals surface area contributed by atoms with E-state index < -0.39 is 10.0 Å². The second-order valence-corrected chi connectivity index (χ2v) is 9.27. The van der Waals surface area contributed by atoms with Crippen LogP contribution in [-0.2, 0) is 16.4 Å². The molecule has 0 unspecified atom stereocenters. The Morgan fingerprint density at radius 3 is 2.67 bits per heavy atom. The van der Waals surface area contributed by atoms with Crippen molar-refractivity contribution in [3.05, 3.63) is 57.6 Å². The highest BCUT2D eigenvalue weighted by molar-refractivity contribution is 7.92. The number of carbonyl (C=O) groups excluding carboxylic acids is 1. The molecule has 1 heterocycles. The van der Waals surface area contributed by atoms with Gasteiger partial charge in [-0.15, -0.1) is 0 Å². The summed E-state index contributed by atoms with van der Waals surface area (Å²) in [6.07, 6.45) is 2.15. The first-order valence-corrected chi connectivity index (χ1v) is 11.1. The molecule has 0 spiro atoms. The van der Waals surface area contributed by atoms with Crippen LogP contribution in [0.4, 0.5) is 11.4 Å². The molecule has 2 aromatic rings. The summed E-state index contributed by atoms with van der Waals surface area (Å²) < 4.78 is 26.6. The lowest BCUT2D eigenvalue weighted by molar-refractivity contribution is 0.102. The summed E-state index contributed by atoms with van der Waals surface area (Å²) in [5, 5.41) is 3.49. The molecule has 0 aliphatic carbocycles. The van der Waals surface area contributed by atoms with E-state index in [1.54, 1.807) is 24.3 Å². The highest BCUT2D eigenvalue weighted by Crippen LogP contribution is 2.33. The standard InChI is InChI=1S/C19H20Cl2N2O3S/c1-2-10-27(25,26)23-9-3-4-13-5-7-15(12-18(13)23)22-19(24)16-8-6-14(20)11-17(16)21/h5-8,11-12H,2-4,9-10H2,1H3,(H,22,24). The first kappa shape index (κ1) is 20.0. The van der Waals surface area contributed by atoms with Gasteiger partial charge in [-0.25, -0.2) is 8.42 Å². The van der Waals surface area contributed by atoms with Crippen molar-refractivity contribution in [2.75, 3.05) is 21.9 Å². The van der Waals surface area contributed by atoms with Crippen molar-refractivity contribution in [1.29, 1.82) is 0 Å². The lowest BCUT2D eigenvalue weighted by atomic mass is 10.0. The van der Waals surface area contributed by atoms with Gasteiger partial charge in [0.1, 0.15) is 0 Å². The molecule has 0 saturated carbocycles. The Hall–Kier alpha value is -1.76. The normalized spacial score (nSPS) is 14.0. The van der Waals surface area contributed by atoms with E-state index in [1.165, 1.54) is 10.4 Å². The topological polar surface area (TPSA) is 66.5 Å². The molecule has 0 saturated heterocycles. The molecule has 0 aromatic heterocycles. The molecule has 0 bridgehead atoms. The molecular weight excluding hydrogens is 407 g/mol. The fraction of sp³-hybridized carbons (Fsp3) is 0.316. The van der Waals surface area contributed by atoms with Crippen molar-refractivity contribution in [3.8, 4) is 0 Å². The fourth-order valence-corrected chi connectivity index (χ4v) is 5.26. The number of nitrogens with one attached hydrogen (secondary N) is 1. The van der Waals surface area contributed by atoms with Gasteiger partial charge in [0.25, 0.3) is 5.91 Å². The molecule has 1 aliphatic rings. The summed E-state index contributed by atoms with van der Waals surface area (Å²) in [5.74, 6) is -0.279. The number of fused-ring (bicyclic) bond motifs is 1. The summed E-state index contributed by atoms with van der Waals surface area (Å²) in [6.45, 7) is 2.30. The smallest absolute Gasteiger partial charge is 0.257 e. The van der Waals surface area contributed by atoms with Crippen LogP contribution in [-0.4, -0.2) is 26.6 Å². The van der Waals surface area contributed by atoms with E-state index in [4.69, 9.17) is 23.2 Å². The average molecular weight is 427 g/mol. The number of carbonyl (C=O) groups is 1. The number of hydrogen-bond donors (Lipinski definition) is 1. The number of nitrogens with zero attached hydrogens (tertiary/aromatic N) is 1. The van der Waals surface area contributed by atoms with Crippen LogP contribution in [0.2, 0.25) is 10.0 Å². The van der Waals surface area contributed by atoms with Crippen LogP contribution in [0.3, 0.4) is 0 Å². The zero-order valence-corrected chi connectivity index (χ0v) is 17.2. The van der Waals surface area contributed by atoms with Gasteiger partial charge in [-0.3, -0.25) is 9.10 Å². The summed E-state index contributed by atoms with van der Waals surface area (Å²) in [7, 11) is -3.37. The van der Waals surface area contributed by atoms with Gasteiger partial charge < -0.3 is 5.32 Å². The van der Waals surface area contributed by atoms with Crippen LogP contribution in [0, 0.1) is 0 Å². The van der Waals surface area contributed by atoms with E-state index in [0.29, 0.717) is 34.9 Å². The van der Waals surface area contributed by atoms with Gasteiger partial charge in [0.05, 0.1) is 22.0 Å². The summed E-state index contributed by atoms with van der Waals surface area (Å²) in [4.78, 5) is 12.5. The molecule has 3 rings (SSSR count). The number of halogens is 2. The lowest BCUT2D eigenvalue weighted by Crippen LogP contribution is -2.37. The number of aryl methyl sites for hydroxylation is 1. The maximum Gasteiger partial charge on any atom is 0.257 e. The third kappa shape index (κ3) is 4.39. The van der Waals surface area contributed by atoms with Gasteiger partial charge in [-0.05, 0) is 55.2 Å². The zero-order chi connectivity index (χ0) is 19.6. The van der Waals surface area contributed by atoms with E-state index in [0.717, 1.165) is 18.4 Å². The summed E-state index contributed by atoms with van der Waals surface area (Å²) >= 11 is 12.0. The molecule has 2 aromatic carbocycles. The fourth-order valence-electron chi connectivity index (χ4n) is 3.15. The molecule has 1 N–H and O–H groups in total. The van der Waals surface area contributed by atoms with Crippen molar-refractivity contribution in [1.82, 2.24) is 0 Å². The van der Waals surface area contributed by atoms with E-state index in [1.807, 2.05) is 13.0 Å². The van der Waals surface area contributed by atoms with E-state index in [9.17, 15) is 13.2 Å². The number of hydrogen-bond acceptors (Lipinski definition) is 3. The maximum absolute atomic E-state index is 12.6. The van der Waals surface area contributed by atoms with Crippen LogP contribution < -0.4 is 9.62 Å². The van der Waals surface area contributed by atoms with Crippen LogP contribution >= 0.6 is 23.2 Å². The molecule has 0 atom stereocenters. The minimum absolute atomic E-state index is 0.101. The van der Waals surface area contributed by atoms with Gasteiger partial charge in [-0.1, -0.05) is 36.2 Å². The van der Waals surface area contributed by atoms with Crippen LogP contribution in [0.5, 0.6) is 0 Å². The minimum atomic E-state index is -3.37. The number of rotatable bonds is 5. The monoisotopic (exact) mass is 426 g/mol. The van der Waals surface area contributed by atoms with Crippen molar-refractivity contribution in [2.24, 2.45) is 0 Å². The Morgan fingerprint density at radius 1 is 1.19 bits per heavy atom. The van der Waals surface area contributed by atoms with Gasteiger partial charge in [-0.2, -0.15) is 0 Å². The van der Waals surface area contributed by atoms with Crippen LogP contribution in [0.25, 0.3) is 0 Å². The van der Waals surface area contributed by atoms with Gasteiger partial charge in [0.2, 0.25) is 10.0 Å². The van der Waals surface area contributed by atoms with E-state index in [-0.39, 0.29) is 16.7 Å². The van der Waals surface area contributed by atoms with Gasteiger partial charge >= 0.3 is 0 Å². The Bertz CT molecular complexity index is 977. The average Bonchev–Trinajstić information content (AvgIpc) is 2.60. The summed E-state index contributed by atoms with van der Waals surface area (Å²) in [5.41, 5.74) is 2.41. The molecule has 0 radical (unpaired) electrons. The molecular formula is C19H20Cl2N2O3S. The quantitative estimate of drug-likeness (QED) is 0.750. The molecule has 5 nitrogen and oxygen atoms in total. The largest absolute Gasteiger partial charge is 0.322 e. The molecule has 8 heteroatoms. The van der Waals surface area contributed by atoms with Crippen molar-refractivity contribution in [2.45, 2.75) is 26.2 Å². The molecule has 27 heavy (non-hydrogen) atoms. The zero-order valence-electron chi connectivity index (χ0n) is 14.8. The SMILES string of the molecule is CCCS(=O)(=O)N1CCCc2ccc(NC(=O)c3ccc(Cl)cc3Cl)cc21. The number of amides is 1. The first-order chi connectivity index (χ1) is 12.8. The van der Waals surface area contributed by atoms with Gasteiger partial charge in [0, 0.05) is 17.3 Å². The highest BCUT2D eigenvalue weighted by atomic mass is 35.5. The van der Waals surface area contributed by atoms with E-state index in [2.05, 4.69) is 5.32 Å². The van der Waals surface area contributed by atoms with Crippen LogP contribution in [0.1, 0.15) is 35.7 Å². The third-order valence-corrected chi connectivity index (χ3v) is 6.92. The van der Waals surface area contributed by atoms with Crippen LogP contribution in [0.15, 0.2) is 36.4 Å². The molecule has 0 fully saturated rings. The minimum Gasteiger partial charge on any atom is -0.322 e. The predicted molar refractivity (Wildman–Crippen MR) is 111 cm³/mol. The highest BCUT2D eigenvalue weighted by Gasteiger charge is 2.27. The van der Waals surface area contributed by atoms with Gasteiger partial charge in [0.15, 0.2) is 0 Å². The number of anilines is 2. The third-order valence-electron chi connectivity index (χ3n) is 4.39. The predicted octanol–water partition coefficient (Wildman–Crippen LogP) is 4.74. The Labute approximate surface area is 169 Å². The summed E-state index contributed by atoms with van der Waals surface area (Å²) in [6, 6.07) is 10.00. The van der Waals surface area contributed by atoms with Crippen molar-refractivity contribution < 1.29 is 13.2 Å². The molecule has 1 amide bonds. The maximum atomic E-state index is 12.6. The second-order valence-electron chi connectivity index (χ2n) is 6.41.